The van der Waals surface area contributed by atoms with Crippen molar-refractivity contribution in [3.8, 4) is 0 Å². The Kier molecular flexibility index (Phi) is 4.82. The summed E-state index contributed by atoms with van der Waals surface area (Å²) in [6.07, 6.45) is 0.0425. The van der Waals surface area contributed by atoms with Crippen molar-refractivity contribution in [2.45, 2.75) is 20.3 Å². The Hall–Kier alpha value is -1.71. The minimum absolute atomic E-state index is 0.0425. The van der Waals surface area contributed by atoms with Crippen LogP contribution in [0.4, 0.5) is 4.39 Å². The zero-order valence-corrected chi connectivity index (χ0v) is 9.90. The number of carbonyl (C=O) groups excluding carboxylic acids is 2. The molecule has 0 spiro atoms. The lowest BCUT2D eigenvalue weighted by atomic mass is 9.96. The van der Waals surface area contributed by atoms with Crippen LogP contribution in [0.15, 0.2) is 24.3 Å². The predicted molar refractivity (Wildman–Crippen MR) is 60.9 cm³/mol. The topological polar surface area (TPSA) is 43.4 Å². The molecule has 0 aliphatic rings. The maximum Gasteiger partial charge on any atom is 0.316 e. The third-order valence-corrected chi connectivity index (χ3v) is 2.44. The predicted octanol–water partition coefficient (Wildman–Crippen LogP) is 2.14. The summed E-state index contributed by atoms with van der Waals surface area (Å²) in [4.78, 5) is 22.9. The van der Waals surface area contributed by atoms with Gasteiger partial charge < -0.3 is 4.74 Å². The first-order valence-corrected chi connectivity index (χ1v) is 5.46. The second-order valence-electron chi connectivity index (χ2n) is 3.71. The average molecular weight is 238 g/mol. The number of carbonyl (C=O) groups is 2. The Balaban J connectivity index is 2.84. The molecule has 0 N–H and O–H groups in total. The van der Waals surface area contributed by atoms with E-state index in [-0.39, 0.29) is 18.8 Å². The van der Waals surface area contributed by atoms with Gasteiger partial charge in [0.25, 0.3) is 0 Å². The van der Waals surface area contributed by atoms with Gasteiger partial charge in [-0.3, -0.25) is 9.59 Å². The third-order valence-electron chi connectivity index (χ3n) is 2.44. The number of halogens is 1. The third kappa shape index (κ3) is 3.66. The van der Waals surface area contributed by atoms with Gasteiger partial charge in [-0.05, 0) is 31.9 Å². The highest BCUT2D eigenvalue weighted by atomic mass is 19.1. The molecule has 0 saturated carbocycles. The second kappa shape index (κ2) is 6.13. The molecule has 0 aromatic heterocycles. The van der Waals surface area contributed by atoms with Crippen molar-refractivity contribution < 1.29 is 18.7 Å². The molecule has 0 aliphatic carbocycles. The lowest BCUT2D eigenvalue weighted by molar-refractivity contribution is -0.151. The van der Waals surface area contributed by atoms with Crippen molar-refractivity contribution in [3.63, 3.8) is 0 Å². The van der Waals surface area contributed by atoms with E-state index >= 15 is 0 Å². The fraction of sp³-hybridized carbons (Fsp3) is 0.385. The first-order chi connectivity index (χ1) is 8.06. The summed E-state index contributed by atoms with van der Waals surface area (Å²) in [6, 6.07) is 6.09. The highest BCUT2D eigenvalue weighted by Crippen LogP contribution is 2.15. The second-order valence-corrected chi connectivity index (χ2v) is 3.71. The van der Waals surface area contributed by atoms with Gasteiger partial charge in [-0.1, -0.05) is 18.2 Å². The van der Waals surface area contributed by atoms with Gasteiger partial charge in [0.15, 0.2) is 0 Å². The molecule has 0 aliphatic heterocycles. The molecule has 0 bridgehead atoms. The van der Waals surface area contributed by atoms with Gasteiger partial charge in [-0.25, -0.2) is 4.39 Å². The van der Waals surface area contributed by atoms with Crippen molar-refractivity contribution in [2.75, 3.05) is 6.61 Å². The van der Waals surface area contributed by atoms with Crippen LogP contribution in [-0.2, 0) is 20.7 Å². The van der Waals surface area contributed by atoms with Gasteiger partial charge in [-0.2, -0.15) is 0 Å². The van der Waals surface area contributed by atoms with Crippen LogP contribution < -0.4 is 0 Å². The normalized spacial score (nSPS) is 11.9. The Morgan fingerprint density at radius 2 is 2.00 bits per heavy atom. The molecule has 1 aromatic carbocycles. The first kappa shape index (κ1) is 13.4. The maximum absolute atomic E-state index is 13.4. The molecule has 0 unspecified atom stereocenters. The number of benzene rings is 1. The molecule has 0 radical (unpaired) electrons. The standard InChI is InChI=1S/C13H15FO3/c1-3-17-13(16)11(9(2)15)8-10-6-4-5-7-12(10)14/h4-7,11H,3,8H2,1-2H3/t11-/m0/s1. The molecular formula is C13H15FO3. The van der Waals surface area contributed by atoms with Crippen LogP contribution in [0.2, 0.25) is 0 Å². The van der Waals surface area contributed by atoms with Crippen molar-refractivity contribution in [2.24, 2.45) is 5.92 Å². The zero-order valence-electron chi connectivity index (χ0n) is 9.90. The Morgan fingerprint density at radius 1 is 1.35 bits per heavy atom. The number of Topliss-reactive ketones (excluding diaryl/α,β-unsaturated/α-hetero) is 1. The molecule has 1 atom stereocenters. The molecule has 0 heterocycles. The summed E-state index contributed by atoms with van der Waals surface area (Å²) < 4.78 is 18.2. The number of ketones is 1. The fourth-order valence-corrected chi connectivity index (χ4v) is 1.52. The van der Waals surface area contributed by atoms with Gasteiger partial charge in [0.2, 0.25) is 0 Å². The van der Waals surface area contributed by atoms with Crippen molar-refractivity contribution >= 4 is 11.8 Å². The highest BCUT2D eigenvalue weighted by Gasteiger charge is 2.25. The van der Waals surface area contributed by atoms with E-state index in [0.717, 1.165) is 0 Å². The minimum atomic E-state index is -0.924. The van der Waals surface area contributed by atoms with E-state index < -0.39 is 17.7 Å². The summed E-state index contributed by atoms with van der Waals surface area (Å²) in [7, 11) is 0. The van der Waals surface area contributed by atoms with Crippen LogP contribution >= 0.6 is 0 Å². The lowest BCUT2D eigenvalue weighted by Crippen LogP contribution is -2.26. The number of hydrogen-bond acceptors (Lipinski definition) is 3. The molecule has 4 heteroatoms. The van der Waals surface area contributed by atoms with E-state index in [1.54, 1.807) is 25.1 Å². The monoisotopic (exact) mass is 238 g/mol. The largest absolute Gasteiger partial charge is 0.465 e. The van der Waals surface area contributed by atoms with E-state index in [4.69, 9.17) is 4.74 Å². The van der Waals surface area contributed by atoms with E-state index in [1.807, 2.05) is 0 Å². The number of esters is 1. The molecule has 3 nitrogen and oxygen atoms in total. The number of ether oxygens (including phenoxy) is 1. The van der Waals surface area contributed by atoms with Gasteiger partial charge in [-0.15, -0.1) is 0 Å². The van der Waals surface area contributed by atoms with Crippen LogP contribution in [0.1, 0.15) is 19.4 Å². The van der Waals surface area contributed by atoms with Crippen LogP contribution in [-0.4, -0.2) is 18.4 Å². The van der Waals surface area contributed by atoms with Gasteiger partial charge >= 0.3 is 5.97 Å². The summed E-state index contributed by atoms with van der Waals surface area (Å²) in [5, 5.41) is 0. The maximum atomic E-state index is 13.4. The van der Waals surface area contributed by atoms with Crippen LogP contribution in [0.3, 0.4) is 0 Å². The molecule has 0 saturated heterocycles. The number of rotatable bonds is 5. The molecule has 0 fully saturated rings. The van der Waals surface area contributed by atoms with E-state index in [2.05, 4.69) is 0 Å². The van der Waals surface area contributed by atoms with Crippen molar-refractivity contribution in [1.82, 2.24) is 0 Å². The zero-order chi connectivity index (χ0) is 12.8. The Morgan fingerprint density at radius 3 is 2.53 bits per heavy atom. The van der Waals surface area contributed by atoms with Crippen molar-refractivity contribution in [1.29, 1.82) is 0 Å². The SMILES string of the molecule is CCOC(=O)[C@@H](Cc1ccccc1F)C(C)=O. The Bertz CT molecular complexity index is 415. The molecule has 1 aromatic rings. The summed E-state index contributed by atoms with van der Waals surface area (Å²) in [5.74, 6) is -2.25. The van der Waals surface area contributed by atoms with Gasteiger partial charge in [0.05, 0.1) is 6.61 Å². The smallest absolute Gasteiger partial charge is 0.316 e. The molecule has 0 amide bonds. The lowest BCUT2D eigenvalue weighted by Gasteiger charge is -2.12. The van der Waals surface area contributed by atoms with Crippen molar-refractivity contribution in [3.05, 3.63) is 35.6 Å². The first-order valence-electron chi connectivity index (χ1n) is 5.46. The molecular weight excluding hydrogens is 223 g/mol. The van der Waals surface area contributed by atoms with Gasteiger partial charge in [0.1, 0.15) is 17.5 Å². The fourth-order valence-electron chi connectivity index (χ4n) is 1.52. The summed E-state index contributed by atoms with van der Waals surface area (Å²) in [5.41, 5.74) is 0.348. The average Bonchev–Trinajstić information content (AvgIpc) is 2.27. The minimum Gasteiger partial charge on any atom is -0.465 e. The molecule has 1 rings (SSSR count). The van der Waals surface area contributed by atoms with Crippen LogP contribution in [0, 0.1) is 11.7 Å². The van der Waals surface area contributed by atoms with E-state index in [9.17, 15) is 14.0 Å². The summed E-state index contributed by atoms with van der Waals surface area (Å²) >= 11 is 0. The number of hydrogen-bond donors (Lipinski definition) is 0. The Labute approximate surface area is 99.6 Å². The quantitative estimate of drug-likeness (QED) is 0.583. The van der Waals surface area contributed by atoms with Crippen LogP contribution in [0.25, 0.3) is 0 Å². The highest BCUT2D eigenvalue weighted by molar-refractivity contribution is 5.98. The van der Waals surface area contributed by atoms with Crippen LogP contribution in [0.5, 0.6) is 0 Å². The molecule has 17 heavy (non-hydrogen) atoms. The van der Waals surface area contributed by atoms with E-state index in [1.165, 1.54) is 13.0 Å². The van der Waals surface area contributed by atoms with E-state index in [0.29, 0.717) is 5.56 Å². The molecule has 92 valence electrons. The van der Waals surface area contributed by atoms with Gasteiger partial charge in [0, 0.05) is 0 Å². The summed E-state index contributed by atoms with van der Waals surface area (Å²) in [6.45, 7) is 3.18.